The standard InChI is InChI=1S/C14H18N6/c1-2-3-14-17-12-10-11(15)4-5-13(12)20(14)9-8-19-7-6-16-18-19/h4-7,10H,2-3,8-9,15H2,1H3. The van der Waals surface area contributed by atoms with Crippen LogP contribution in [-0.2, 0) is 19.5 Å². The first-order valence-electron chi connectivity index (χ1n) is 6.86. The van der Waals surface area contributed by atoms with E-state index in [2.05, 4.69) is 21.8 Å². The highest BCUT2D eigenvalue weighted by Gasteiger charge is 2.10. The van der Waals surface area contributed by atoms with E-state index < -0.39 is 0 Å². The fourth-order valence-corrected chi connectivity index (χ4v) is 2.42. The Morgan fingerprint density at radius 1 is 1.25 bits per heavy atom. The van der Waals surface area contributed by atoms with E-state index in [-0.39, 0.29) is 0 Å². The second-order valence-electron chi connectivity index (χ2n) is 4.84. The van der Waals surface area contributed by atoms with Crippen molar-refractivity contribution in [1.82, 2.24) is 24.5 Å². The summed E-state index contributed by atoms with van der Waals surface area (Å²) in [4.78, 5) is 4.70. The molecule has 0 unspecified atom stereocenters. The Labute approximate surface area is 117 Å². The average molecular weight is 270 g/mol. The molecule has 2 N–H and O–H groups in total. The van der Waals surface area contributed by atoms with Crippen molar-refractivity contribution < 1.29 is 0 Å². The van der Waals surface area contributed by atoms with Crippen LogP contribution in [0, 0.1) is 0 Å². The molecule has 104 valence electrons. The number of rotatable bonds is 5. The van der Waals surface area contributed by atoms with Crippen LogP contribution in [0.15, 0.2) is 30.6 Å². The molecule has 0 aliphatic rings. The molecule has 0 atom stereocenters. The highest BCUT2D eigenvalue weighted by Crippen LogP contribution is 2.20. The van der Waals surface area contributed by atoms with Crippen molar-refractivity contribution in [2.45, 2.75) is 32.9 Å². The molecule has 6 heteroatoms. The summed E-state index contributed by atoms with van der Waals surface area (Å²) in [7, 11) is 0. The van der Waals surface area contributed by atoms with Gasteiger partial charge in [0.1, 0.15) is 5.82 Å². The van der Waals surface area contributed by atoms with Crippen molar-refractivity contribution in [3.8, 4) is 0 Å². The van der Waals surface area contributed by atoms with E-state index in [1.165, 1.54) is 0 Å². The minimum absolute atomic E-state index is 0.751. The van der Waals surface area contributed by atoms with Crippen molar-refractivity contribution in [3.63, 3.8) is 0 Å². The third-order valence-corrected chi connectivity index (χ3v) is 3.35. The van der Waals surface area contributed by atoms with Crippen molar-refractivity contribution in [1.29, 1.82) is 0 Å². The highest BCUT2D eigenvalue weighted by molar-refractivity contribution is 5.79. The van der Waals surface area contributed by atoms with Gasteiger partial charge in [-0.05, 0) is 24.6 Å². The Morgan fingerprint density at radius 3 is 2.90 bits per heavy atom. The number of aryl methyl sites for hydroxylation is 3. The lowest BCUT2D eigenvalue weighted by Crippen LogP contribution is -2.11. The van der Waals surface area contributed by atoms with Crippen LogP contribution in [0.3, 0.4) is 0 Å². The fraction of sp³-hybridized carbons (Fsp3) is 0.357. The molecule has 0 radical (unpaired) electrons. The molecule has 3 aromatic rings. The maximum absolute atomic E-state index is 5.84. The van der Waals surface area contributed by atoms with E-state index in [1.54, 1.807) is 6.20 Å². The lowest BCUT2D eigenvalue weighted by molar-refractivity contribution is 0.514. The van der Waals surface area contributed by atoms with Gasteiger partial charge in [0.15, 0.2) is 0 Å². The molecule has 6 nitrogen and oxygen atoms in total. The monoisotopic (exact) mass is 270 g/mol. The average Bonchev–Trinajstić information content (AvgIpc) is 3.04. The SMILES string of the molecule is CCCc1nc2cc(N)ccc2n1CCn1ccnn1. The molecule has 0 saturated carbocycles. The van der Waals surface area contributed by atoms with Crippen LogP contribution in [0.2, 0.25) is 0 Å². The third-order valence-electron chi connectivity index (χ3n) is 3.35. The zero-order chi connectivity index (χ0) is 13.9. The van der Waals surface area contributed by atoms with Gasteiger partial charge in [-0.2, -0.15) is 0 Å². The lowest BCUT2D eigenvalue weighted by atomic mass is 10.3. The molecule has 0 aliphatic carbocycles. The lowest BCUT2D eigenvalue weighted by Gasteiger charge is -2.08. The van der Waals surface area contributed by atoms with Crippen LogP contribution in [0.5, 0.6) is 0 Å². The summed E-state index contributed by atoms with van der Waals surface area (Å²) in [5.41, 5.74) is 8.68. The van der Waals surface area contributed by atoms with E-state index in [9.17, 15) is 0 Å². The van der Waals surface area contributed by atoms with Crippen molar-refractivity contribution >= 4 is 16.7 Å². The van der Waals surface area contributed by atoms with Gasteiger partial charge in [0.2, 0.25) is 0 Å². The summed E-state index contributed by atoms with van der Waals surface area (Å²) < 4.78 is 4.08. The molecule has 0 saturated heterocycles. The smallest absolute Gasteiger partial charge is 0.109 e. The number of nitrogens with zero attached hydrogens (tertiary/aromatic N) is 5. The van der Waals surface area contributed by atoms with Gasteiger partial charge in [-0.3, -0.25) is 4.68 Å². The van der Waals surface area contributed by atoms with E-state index in [4.69, 9.17) is 10.7 Å². The molecule has 20 heavy (non-hydrogen) atoms. The Balaban J connectivity index is 1.95. The van der Waals surface area contributed by atoms with Crippen molar-refractivity contribution in [3.05, 3.63) is 36.4 Å². The molecule has 0 aliphatic heterocycles. The summed E-state index contributed by atoms with van der Waals surface area (Å²) in [6, 6.07) is 5.89. The van der Waals surface area contributed by atoms with Crippen LogP contribution in [0.1, 0.15) is 19.2 Å². The Bertz CT molecular complexity index is 698. The summed E-state index contributed by atoms with van der Waals surface area (Å²) in [5, 5.41) is 7.82. The molecule has 2 heterocycles. The molecular formula is C14H18N6. The second-order valence-corrected chi connectivity index (χ2v) is 4.84. The largest absolute Gasteiger partial charge is 0.399 e. The van der Waals surface area contributed by atoms with Gasteiger partial charge in [0, 0.05) is 24.8 Å². The van der Waals surface area contributed by atoms with E-state index in [0.717, 1.165) is 48.5 Å². The van der Waals surface area contributed by atoms with Crippen LogP contribution >= 0.6 is 0 Å². The van der Waals surface area contributed by atoms with Crippen LogP contribution < -0.4 is 5.73 Å². The predicted molar refractivity (Wildman–Crippen MR) is 78.2 cm³/mol. The number of nitrogen functional groups attached to an aromatic ring is 1. The molecule has 2 aromatic heterocycles. The number of hydrogen-bond acceptors (Lipinski definition) is 4. The first kappa shape index (κ1) is 12.7. The van der Waals surface area contributed by atoms with Gasteiger partial charge < -0.3 is 10.3 Å². The minimum atomic E-state index is 0.751. The fourth-order valence-electron chi connectivity index (χ4n) is 2.42. The Kier molecular flexibility index (Phi) is 3.37. The van der Waals surface area contributed by atoms with E-state index >= 15 is 0 Å². The zero-order valence-corrected chi connectivity index (χ0v) is 11.5. The topological polar surface area (TPSA) is 74.5 Å². The number of aromatic nitrogens is 5. The van der Waals surface area contributed by atoms with E-state index in [0.29, 0.717) is 0 Å². The molecule has 3 rings (SSSR count). The summed E-state index contributed by atoms with van der Waals surface area (Å²) in [6.07, 6.45) is 5.60. The Morgan fingerprint density at radius 2 is 2.15 bits per heavy atom. The van der Waals surface area contributed by atoms with Gasteiger partial charge in [-0.15, -0.1) is 5.10 Å². The van der Waals surface area contributed by atoms with Gasteiger partial charge in [0.25, 0.3) is 0 Å². The summed E-state index contributed by atoms with van der Waals surface area (Å²) in [6.45, 7) is 3.78. The van der Waals surface area contributed by atoms with Crippen LogP contribution in [0.25, 0.3) is 11.0 Å². The maximum Gasteiger partial charge on any atom is 0.109 e. The number of nitrogens with two attached hydrogens (primary N) is 1. The number of benzene rings is 1. The van der Waals surface area contributed by atoms with E-state index in [1.807, 2.05) is 29.1 Å². The quantitative estimate of drug-likeness (QED) is 0.718. The molecule has 1 aromatic carbocycles. The second kappa shape index (κ2) is 5.32. The number of fused-ring (bicyclic) bond motifs is 1. The minimum Gasteiger partial charge on any atom is -0.399 e. The highest BCUT2D eigenvalue weighted by atomic mass is 15.4. The van der Waals surface area contributed by atoms with Gasteiger partial charge in [-0.25, -0.2) is 4.98 Å². The predicted octanol–water partition coefficient (Wildman–Crippen LogP) is 1.86. The molecule has 0 amide bonds. The summed E-state index contributed by atoms with van der Waals surface area (Å²) >= 11 is 0. The van der Waals surface area contributed by atoms with Crippen molar-refractivity contribution in [2.75, 3.05) is 5.73 Å². The van der Waals surface area contributed by atoms with Gasteiger partial charge in [-0.1, -0.05) is 12.1 Å². The first-order valence-corrected chi connectivity index (χ1v) is 6.86. The van der Waals surface area contributed by atoms with Gasteiger partial charge >= 0.3 is 0 Å². The number of hydrogen-bond donors (Lipinski definition) is 1. The van der Waals surface area contributed by atoms with Crippen LogP contribution in [0.4, 0.5) is 5.69 Å². The molecule has 0 spiro atoms. The zero-order valence-electron chi connectivity index (χ0n) is 11.5. The normalized spacial score (nSPS) is 11.2. The third kappa shape index (κ3) is 2.36. The first-order chi connectivity index (χ1) is 9.78. The van der Waals surface area contributed by atoms with Crippen molar-refractivity contribution in [2.24, 2.45) is 0 Å². The number of imidazole rings is 1. The molecule has 0 fully saturated rings. The van der Waals surface area contributed by atoms with Crippen LogP contribution in [-0.4, -0.2) is 24.5 Å². The number of anilines is 1. The Hall–Kier alpha value is -2.37. The van der Waals surface area contributed by atoms with Gasteiger partial charge in [0.05, 0.1) is 23.8 Å². The molecule has 0 bridgehead atoms. The molecular weight excluding hydrogens is 252 g/mol. The summed E-state index contributed by atoms with van der Waals surface area (Å²) in [5.74, 6) is 1.10. The maximum atomic E-state index is 5.84.